The lowest BCUT2D eigenvalue weighted by Crippen LogP contribution is -2.28. The summed E-state index contributed by atoms with van der Waals surface area (Å²) < 4.78 is 57.8. The van der Waals surface area contributed by atoms with Crippen LogP contribution in [0.1, 0.15) is 11.3 Å². The van der Waals surface area contributed by atoms with Gasteiger partial charge in [0.25, 0.3) is 11.7 Å². The number of rotatable bonds is 8. The Kier molecular flexibility index (Phi) is 7.54. The first kappa shape index (κ1) is 26.6. The quantitative estimate of drug-likeness (QED) is 0.228. The normalized spacial score (nSPS) is 11.3. The Morgan fingerprint density at radius 1 is 0.800 bits per heavy atom. The lowest BCUT2D eigenvalue weighted by Gasteiger charge is -2.14. The summed E-state index contributed by atoms with van der Waals surface area (Å²) in [6.45, 7) is -0.0861. The molecule has 0 aliphatic heterocycles. The van der Waals surface area contributed by atoms with Crippen molar-refractivity contribution in [3.8, 4) is 28.4 Å². The van der Waals surface area contributed by atoms with Gasteiger partial charge in [-0.15, -0.1) is 0 Å². The molecule has 0 fully saturated rings. The molecule has 5 aromatic rings. The Balaban J connectivity index is 1.36. The smallest absolute Gasteiger partial charge is 0.453 e. The predicted octanol–water partition coefficient (Wildman–Crippen LogP) is 6.97. The van der Waals surface area contributed by atoms with Crippen LogP contribution in [-0.2, 0) is 17.5 Å². The maximum absolute atomic E-state index is 13.9. The summed E-state index contributed by atoms with van der Waals surface area (Å²) in [5, 5.41) is 2.55. The minimum atomic E-state index is -5.01. The van der Waals surface area contributed by atoms with Crippen molar-refractivity contribution >= 4 is 16.9 Å². The topological polar surface area (TPSA) is 77.8 Å². The van der Waals surface area contributed by atoms with Gasteiger partial charge in [-0.25, -0.2) is 0 Å². The van der Waals surface area contributed by atoms with Gasteiger partial charge in [-0.1, -0.05) is 72.8 Å². The molecule has 202 valence electrons. The highest BCUT2D eigenvalue weighted by atomic mass is 19.4. The van der Waals surface area contributed by atoms with Crippen LogP contribution in [0.3, 0.4) is 0 Å². The predicted molar refractivity (Wildman–Crippen MR) is 143 cm³/mol. The zero-order valence-corrected chi connectivity index (χ0v) is 20.9. The highest BCUT2D eigenvalue weighted by molar-refractivity contribution is 5.81. The molecule has 0 bridgehead atoms. The van der Waals surface area contributed by atoms with Crippen molar-refractivity contribution in [1.29, 1.82) is 0 Å². The van der Waals surface area contributed by atoms with Gasteiger partial charge in [0.1, 0.15) is 17.1 Å². The van der Waals surface area contributed by atoms with Gasteiger partial charge in [0.2, 0.25) is 11.2 Å². The van der Waals surface area contributed by atoms with Crippen LogP contribution in [0.2, 0.25) is 0 Å². The molecule has 0 aliphatic rings. The molecule has 6 nitrogen and oxygen atoms in total. The molecule has 0 aliphatic carbocycles. The number of carbonyl (C=O) groups excluding carboxylic acids is 1. The van der Waals surface area contributed by atoms with Crippen LogP contribution in [0.25, 0.3) is 22.1 Å². The van der Waals surface area contributed by atoms with Crippen LogP contribution < -0.4 is 20.2 Å². The molecule has 1 amide bonds. The molecular formula is C31H22F3NO5. The number of alkyl halides is 3. The standard InChI is InChI=1S/C31H22F3NO5/c32-31(33,34)30-29(39-23-13-11-22(12-14-23)21-9-5-2-6-10-21)28(37)25-16-15-24(17-26(25)40-30)38-19-27(36)35-18-20-7-3-1-4-8-20/h1-17H,18-19H2,(H,35,36). The van der Waals surface area contributed by atoms with E-state index in [0.717, 1.165) is 22.8 Å². The highest BCUT2D eigenvalue weighted by Crippen LogP contribution is 2.39. The largest absolute Gasteiger partial charge is 0.484 e. The number of hydrogen-bond donors (Lipinski definition) is 1. The SMILES string of the molecule is O=C(COc1ccc2c(=O)c(Oc3ccc(-c4ccccc4)cc3)c(C(F)(F)F)oc2c1)NCc1ccccc1. The van der Waals surface area contributed by atoms with Gasteiger partial charge in [-0.2, -0.15) is 13.2 Å². The lowest BCUT2D eigenvalue weighted by molar-refractivity contribution is -0.154. The Bertz CT molecular complexity index is 1680. The molecule has 1 heterocycles. The number of halogens is 3. The molecule has 0 unspecified atom stereocenters. The van der Waals surface area contributed by atoms with Gasteiger partial charge >= 0.3 is 6.18 Å². The Hall–Kier alpha value is -5.05. The summed E-state index contributed by atoms with van der Waals surface area (Å²) in [4.78, 5) is 25.2. The fourth-order valence-electron chi connectivity index (χ4n) is 3.99. The van der Waals surface area contributed by atoms with Crippen LogP contribution >= 0.6 is 0 Å². The third kappa shape index (κ3) is 6.15. The summed E-state index contributed by atoms with van der Waals surface area (Å²) in [6.07, 6.45) is -5.01. The van der Waals surface area contributed by atoms with Crippen molar-refractivity contribution in [3.63, 3.8) is 0 Å². The van der Waals surface area contributed by atoms with E-state index in [1.807, 2.05) is 60.7 Å². The molecule has 4 aromatic carbocycles. The number of nitrogens with one attached hydrogen (secondary N) is 1. The highest BCUT2D eigenvalue weighted by Gasteiger charge is 2.40. The molecule has 0 radical (unpaired) electrons. The first-order chi connectivity index (χ1) is 19.3. The molecule has 1 N–H and O–H groups in total. The van der Waals surface area contributed by atoms with Crippen molar-refractivity contribution in [2.45, 2.75) is 12.7 Å². The fraction of sp³-hybridized carbons (Fsp3) is 0.0968. The fourth-order valence-corrected chi connectivity index (χ4v) is 3.99. The van der Waals surface area contributed by atoms with Crippen LogP contribution in [0.5, 0.6) is 17.2 Å². The molecule has 0 atom stereocenters. The summed E-state index contributed by atoms with van der Waals surface area (Å²) in [6, 6.07) is 28.7. The number of amides is 1. The van der Waals surface area contributed by atoms with Gasteiger partial charge in [0, 0.05) is 12.6 Å². The van der Waals surface area contributed by atoms with Crippen LogP contribution in [0.15, 0.2) is 112 Å². The lowest BCUT2D eigenvalue weighted by atomic mass is 10.1. The van der Waals surface area contributed by atoms with E-state index in [4.69, 9.17) is 13.9 Å². The van der Waals surface area contributed by atoms with E-state index in [-0.39, 0.29) is 29.1 Å². The average Bonchev–Trinajstić information content (AvgIpc) is 2.97. The van der Waals surface area contributed by atoms with Crippen molar-refractivity contribution in [2.24, 2.45) is 0 Å². The van der Waals surface area contributed by atoms with E-state index in [0.29, 0.717) is 6.54 Å². The maximum atomic E-state index is 13.9. The number of ether oxygens (including phenoxy) is 2. The van der Waals surface area contributed by atoms with Crippen molar-refractivity contribution in [1.82, 2.24) is 5.32 Å². The number of hydrogen-bond acceptors (Lipinski definition) is 5. The van der Waals surface area contributed by atoms with Gasteiger partial charge in [0.15, 0.2) is 6.61 Å². The molecule has 5 rings (SSSR count). The van der Waals surface area contributed by atoms with E-state index in [9.17, 15) is 22.8 Å². The summed E-state index contributed by atoms with van der Waals surface area (Å²) in [7, 11) is 0. The second-order valence-electron chi connectivity index (χ2n) is 8.79. The minimum absolute atomic E-state index is 0.0401. The minimum Gasteiger partial charge on any atom is -0.484 e. The van der Waals surface area contributed by atoms with Gasteiger partial charge in [-0.3, -0.25) is 9.59 Å². The number of fused-ring (bicyclic) bond motifs is 1. The molecule has 40 heavy (non-hydrogen) atoms. The van der Waals surface area contributed by atoms with E-state index in [2.05, 4.69) is 5.32 Å². The van der Waals surface area contributed by atoms with E-state index in [1.54, 1.807) is 12.1 Å². The monoisotopic (exact) mass is 545 g/mol. The van der Waals surface area contributed by atoms with Gasteiger partial charge < -0.3 is 19.2 Å². The average molecular weight is 546 g/mol. The van der Waals surface area contributed by atoms with Gasteiger partial charge in [0.05, 0.1) is 5.39 Å². The van der Waals surface area contributed by atoms with Gasteiger partial charge in [-0.05, 0) is 41.0 Å². The molecule has 1 aromatic heterocycles. The number of benzene rings is 4. The maximum Gasteiger partial charge on any atom is 0.453 e. The van der Waals surface area contributed by atoms with E-state index < -0.39 is 29.0 Å². The summed E-state index contributed by atoms with van der Waals surface area (Å²) in [5.74, 6) is -2.87. The summed E-state index contributed by atoms with van der Waals surface area (Å²) >= 11 is 0. The molecule has 0 saturated carbocycles. The Morgan fingerprint density at radius 2 is 1.43 bits per heavy atom. The first-order valence-corrected chi connectivity index (χ1v) is 12.2. The molecular weight excluding hydrogens is 523 g/mol. The molecule has 0 saturated heterocycles. The third-order valence-corrected chi connectivity index (χ3v) is 5.96. The molecule has 0 spiro atoms. The molecule has 9 heteroatoms. The zero-order chi connectivity index (χ0) is 28.1. The van der Waals surface area contributed by atoms with E-state index in [1.165, 1.54) is 24.3 Å². The summed E-state index contributed by atoms with van der Waals surface area (Å²) in [5.41, 5.74) is 1.30. The van der Waals surface area contributed by atoms with Crippen molar-refractivity contribution in [2.75, 3.05) is 6.61 Å². The Labute approximate surface area is 226 Å². The second-order valence-corrected chi connectivity index (χ2v) is 8.79. The first-order valence-electron chi connectivity index (χ1n) is 12.2. The van der Waals surface area contributed by atoms with E-state index >= 15 is 0 Å². The number of carbonyl (C=O) groups is 1. The van der Waals surface area contributed by atoms with Crippen molar-refractivity contribution < 1.29 is 31.9 Å². The van der Waals surface area contributed by atoms with Crippen LogP contribution in [0, 0.1) is 0 Å². The van der Waals surface area contributed by atoms with Crippen molar-refractivity contribution in [3.05, 3.63) is 125 Å². The zero-order valence-electron chi connectivity index (χ0n) is 20.9. The second kappa shape index (κ2) is 11.4. The van der Waals surface area contributed by atoms with Crippen LogP contribution in [-0.4, -0.2) is 12.5 Å². The Morgan fingerprint density at radius 3 is 2.10 bits per heavy atom. The third-order valence-electron chi connectivity index (χ3n) is 5.96. The van der Waals surface area contributed by atoms with Crippen LogP contribution in [0.4, 0.5) is 13.2 Å².